The molecule has 0 saturated carbocycles. The van der Waals surface area contributed by atoms with Crippen LogP contribution in [0.25, 0.3) is 0 Å². The van der Waals surface area contributed by atoms with Crippen LogP contribution in [0.2, 0.25) is 0 Å². The second-order valence-electron chi connectivity index (χ2n) is 4.79. The van der Waals surface area contributed by atoms with Crippen LogP contribution >= 0.6 is 28.1 Å². The number of rotatable bonds is 5. The Hall–Kier alpha value is -2.52. The van der Waals surface area contributed by atoms with Gasteiger partial charge in [-0.15, -0.1) is 0 Å². The molecule has 0 unspecified atom stereocenters. The highest BCUT2D eigenvalue weighted by atomic mass is 79.9. The summed E-state index contributed by atoms with van der Waals surface area (Å²) in [7, 11) is 0. The lowest BCUT2D eigenvalue weighted by Gasteiger charge is -2.11. The second kappa shape index (κ2) is 8.54. The lowest BCUT2D eigenvalue weighted by atomic mass is 10.2. The molecule has 0 fully saturated rings. The predicted molar refractivity (Wildman–Crippen MR) is 102 cm³/mol. The summed E-state index contributed by atoms with van der Waals surface area (Å²) in [5.41, 5.74) is 0.909. The smallest absolute Gasteiger partial charge is 0.269 e. The predicted octanol–water partition coefficient (Wildman–Crippen LogP) is 3.88. The number of carbonyl (C=O) groups excluding carboxylic acids is 1. The van der Waals surface area contributed by atoms with Gasteiger partial charge in [0.25, 0.3) is 11.6 Å². The molecule has 0 aliphatic carbocycles. The first-order valence-electron chi connectivity index (χ1n) is 7.20. The van der Waals surface area contributed by atoms with Crippen LogP contribution in [0.5, 0.6) is 5.75 Å². The highest BCUT2D eigenvalue weighted by Crippen LogP contribution is 2.26. The average Bonchev–Trinajstić information content (AvgIpc) is 2.57. The third kappa shape index (κ3) is 5.23. The van der Waals surface area contributed by atoms with Gasteiger partial charge in [-0.1, -0.05) is 0 Å². The van der Waals surface area contributed by atoms with Crippen LogP contribution in [0.3, 0.4) is 0 Å². The van der Waals surface area contributed by atoms with Crippen molar-refractivity contribution in [2.45, 2.75) is 6.92 Å². The number of thiocarbonyl (C=S) groups is 1. The number of hydrogen-bond acceptors (Lipinski definition) is 5. The minimum atomic E-state index is -0.492. The molecule has 0 radical (unpaired) electrons. The van der Waals surface area contributed by atoms with Crippen molar-refractivity contribution in [1.29, 1.82) is 0 Å². The number of halogens is 1. The van der Waals surface area contributed by atoms with Crippen LogP contribution < -0.4 is 15.4 Å². The Balaban J connectivity index is 1.99. The molecule has 0 spiro atoms. The fourth-order valence-electron chi connectivity index (χ4n) is 1.92. The first kappa shape index (κ1) is 18.8. The van der Waals surface area contributed by atoms with Gasteiger partial charge in [0.15, 0.2) is 5.11 Å². The van der Waals surface area contributed by atoms with E-state index in [4.69, 9.17) is 17.0 Å². The van der Waals surface area contributed by atoms with Crippen molar-refractivity contribution >= 4 is 50.5 Å². The van der Waals surface area contributed by atoms with E-state index in [0.29, 0.717) is 28.1 Å². The fourth-order valence-corrected chi connectivity index (χ4v) is 2.62. The minimum Gasteiger partial charge on any atom is -0.493 e. The molecule has 2 rings (SSSR count). The molecule has 0 bridgehead atoms. The molecular formula is C16H14BrN3O4S. The quantitative estimate of drug-likeness (QED) is 0.430. The molecule has 25 heavy (non-hydrogen) atoms. The van der Waals surface area contributed by atoms with Crippen molar-refractivity contribution in [3.8, 4) is 5.75 Å². The number of benzene rings is 2. The van der Waals surface area contributed by atoms with Crippen molar-refractivity contribution in [1.82, 2.24) is 5.32 Å². The number of amides is 1. The van der Waals surface area contributed by atoms with Crippen molar-refractivity contribution in [3.05, 3.63) is 62.6 Å². The monoisotopic (exact) mass is 423 g/mol. The summed E-state index contributed by atoms with van der Waals surface area (Å²) in [6.45, 7) is 2.39. The Morgan fingerprint density at radius 3 is 2.52 bits per heavy atom. The van der Waals surface area contributed by atoms with E-state index in [0.717, 1.165) is 0 Å². The Bertz CT molecular complexity index is 812. The Kier molecular flexibility index (Phi) is 6.43. The molecule has 0 aliphatic rings. The third-order valence-corrected chi connectivity index (χ3v) is 3.88. The zero-order valence-corrected chi connectivity index (χ0v) is 15.5. The zero-order valence-electron chi connectivity index (χ0n) is 13.1. The maximum Gasteiger partial charge on any atom is 0.269 e. The molecule has 0 atom stereocenters. The summed E-state index contributed by atoms with van der Waals surface area (Å²) < 4.78 is 6.06. The van der Waals surface area contributed by atoms with Gasteiger partial charge in [0.1, 0.15) is 5.75 Å². The average molecular weight is 424 g/mol. The molecule has 0 aliphatic heterocycles. The van der Waals surface area contributed by atoms with Gasteiger partial charge in [-0.3, -0.25) is 20.2 Å². The van der Waals surface area contributed by atoms with Crippen LogP contribution in [0.15, 0.2) is 46.9 Å². The molecule has 1 amide bonds. The summed E-state index contributed by atoms with van der Waals surface area (Å²) >= 11 is 8.43. The molecular weight excluding hydrogens is 410 g/mol. The van der Waals surface area contributed by atoms with Gasteiger partial charge in [-0.2, -0.15) is 0 Å². The van der Waals surface area contributed by atoms with E-state index in [1.165, 1.54) is 24.3 Å². The molecule has 0 heterocycles. The maximum atomic E-state index is 12.2. The first-order valence-corrected chi connectivity index (χ1v) is 8.40. The van der Waals surface area contributed by atoms with Gasteiger partial charge < -0.3 is 10.1 Å². The third-order valence-electron chi connectivity index (χ3n) is 3.06. The summed E-state index contributed by atoms with van der Waals surface area (Å²) in [5.74, 6) is 0.258. The van der Waals surface area contributed by atoms with Crippen molar-refractivity contribution in [3.63, 3.8) is 0 Å². The van der Waals surface area contributed by atoms with Crippen LogP contribution in [0, 0.1) is 10.1 Å². The highest BCUT2D eigenvalue weighted by Gasteiger charge is 2.11. The number of nitro benzene ring substituents is 1. The molecule has 130 valence electrons. The normalized spacial score (nSPS) is 10.0. The number of anilines is 1. The molecule has 9 heteroatoms. The van der Waals surface area contributed by atoms with E-state index in [9.17, 15) is 14.9 Å². The van der Waals surface area contributed by atoms with E-state index in [2.05, 4.69) is 26.6 Å². The SMILES string of the molecule is CCOc1ccc(C(=O)NC(=S)Nc2ccc([N+](=O)[O-])cc2)cc1Br. The van der Waals surface area contributed by atoms with Crippen LogP contribution in [0.1, 0.15) is 17.3 Å². The van der Waals surface area contributed by atoms with Gasteiger partial charge >= 0.3 is 0 Å². The lowest BCUT2D eigenvalue weighted by molar-refractivity contribution is -0.384. The molecule has 0 saturated heterocycles. The fraction of sp³-hybridized carbons (Fsp3) is 0.125. The van der Waals surface area contributed by atoms with Gasteiger partial charge in [0, 0.05) is 23.4 Å². The number of nitro groups is 1. The van der Waals surface area contributed by atoms with Crippen LogP contribution in [-0.4, -0.2) is 22.5 Å². The van der Waals surface area contributed by atoms with Crippen molar-refractivity contribution in [2.24, 2.45) is 0 Å². The maximum absolute atomic E-state index is 12.2. The zero-order chi connectivity index (χ0) is 18.4. The number of nitrogens with zero attached hydrogens (tertiary/aromatic N) is 1. The first-order chi connectivity index (χ1) is 11.9. The Morgan fingerprint density at radius 1 is 1.28 bits per heavy atom. The van der Waals surface area contributed by atoms with Gasteiger partial charge in [-0.05, 0) is 65.4 Å². The summed E-state index contributed by atoms with van der Waals surface area (Å²) in [6.07, 6.45) is 0. The van der Waals surface area contributed by atoms with E-state index < -0.39 is 4.92 Å². The largest absolute Gasteiger partial charge is 0.493 e. The lowest BCUT2D eigenvalue weighted by Crippen LogP contribution is -2.34. The Morgan fingerprint density at radius 2 is 1.96 bits per heavy atom. The van der Waals surface area contributed by atoms with E-state index in [1.807, 2.05) is 6.92 Å². The molecule has 2 N–H and O–H groups in total. The van der Waals surface area contributed by atoms with Crippen molar-refractivity contribution in [2.75, 3.05) is 11.9 Å². The van der Waals surface area contributed by atoms with Crippen LogP contribution in [0.4, 0.5) is 11.4 Å². The highest BCUT2D eigenvalue weighted by molar-refractivity contribution is 9.10. The molecule has 2 aromatic carbocycles. The molecule has 2 aromatic rings. The number of hydrogen-bond donors (Lipinski definition) is 2. The molecule has 0 aromatic heterocycles. The summed E-state index contributed by atoms with van der Waals surface area (Å²) in [5, 5.41) is 16.0. The van der Waals surface area contributed by atoms with E-state index in [1.54, 1.807) is 18.2 Å². The van der Waals surface area contributed by atoms with E-state index >= 15 is 0 Å². The van der Waals surface area contributed by atoms with E-state index in [-0.39, 0.29) is 16.7 Å². The van der Waals surface area contributed by atoms with Crippen molar-refractivity contribution < 1.29 is 14.5 Å². The summed E-state index contributed by atoms with van der Waals surface area (Å²) in [4.78, 5) is 22.3. The van der Waals surface area contributed by atoms with Crippen LogP contribution in [-0.2, 0) is 0 Å². The van der Waals surface area contributed by atoms with Gasteiger partial charge in [0.2, 0.25) is 0 Å². The number of non-ortho nitro benzene ring substituents is 1. The number of carbonyl (C=O) groups is 1. The molecule has 7 nitrogen and oxygen atoms in total. The number of ether oxygens (including phenoxy) is 1. The topological polar surface area (TPSA) is 93.5 Å². The Labute approximate surface area is 157 Å². The van der Waals surface area contributed by atoms with Gasteiger partial charge in [0.05, 0.1) is 16.0 Å². The van der Waals surface area contributed by atoms with Gasteiger partial charge in [-0.25, -0.2) is 0 Å². The standard InChI is InChI=1S/C16H14BrN3O4S/c1-2-24-14-8-3-10(9-13(14)17)15(21)19-16(25)18-11-4-6-12(7-5-11)20(22)23/h3-9H,2H2,1H3,(H2,18,19,21,25). The minimum absolute atomic E-state index is 0.0280. The number of nitrogens with one attached hydrogen (secondary N) is 2. The second-order valence-corrected chi connectivity index (χ2v) is 6.05. The summed E-state index contributed by atoms with van der Waals surface area (Å²) in [6, 6.07) is 10.6.